The van der Waals surface area contributed by atoms with E-state index in [-0.39, 0.29) is 11.4 Å². The number of aromatic nitrogens is 1. The summed E-state index contributed by atoms with van der Waals surface area (Å²) in [4.78, 5) is 15.9. The average molecular weight is 279 g/mol. The van der Waals surface area contributed by atoms with E-state index >= 15 is 0 Å². The number of nitrogens with one attached hydrogen (secondary N) is 1. The van der Waals surface area contributed by atoms with Crippen LogP contribution in [0.25, 0.3) is 0 Å². The molecule has 0 aliphatic carbocycles. The molecule has 2 N–H and O–H groups in total. The molecule has 0 fully saturated rings. The molecule has 0 aliphatic heterocycles. The molecule has 0 saturated heterocycles. The molecule has 0 bridgehead atoms. The van der Waals surface area contributed by atoms with E-state index in [9.17, 15) is 9.90 Å². The number of benzene rings is 1. The van der Waals surface area contributed by atoms with Crippen LogP contribution in [-0.2, 0) is 0 Å². The van der Waals surface area contributed by atoms with Gasteiger partial charge in [-0.2, -0.15) is 0 Å². The molecule has 0 radical (unpaired) electrons. The second-order valence-corrected chi connectivity index (χ2v) is 4.14. The first-order chi connectivity index (χ1) is 9.10. The number of rotatable bonds is 3. The largest absolute Gasteiger partial charge is 0.506 e. The molecule has 0 unspecified atom stereocenters. The van der Waals surface area contributed by atoms with Gasteiger partial charge in [0.25, 0.3) is 5.91 Å². The first kappa shape index (κ1) is 13.2. The van der Waals surface area contributed by atoms with Gasteiger partial charge in [0.05, 0.1) is 18.4 Å². The molecule has 5 nitrogen and oxygen atoms in total. The molecule has 2 aromatic rings. The minimum Gasteiger partial charge on any atom is -0.506 e. The number of methoxy groups -OCH3 is 1. The van der Waals surface area contributed by atoms with Gasteiger partial charge in [0.2, 0.25) is 5.88 Å². The summed E-state index contributed by atoms with van der Waals surface area (Å²) >= 11 is 5.79. The third-order valence-electron chi connectivity index (χ3n) is 2.41. The second-order valence-electron chi connectivity index (χ2n) is 3.70. The Morgan fingerprint density at radius 2 is 2.16 bits per heavy atom. The Labute approximate surface area is 114 Å². The fraction of sp³-hybridized carbons (Fsp3) is 0.0769. The van der Waals surface area contributed by atoms with Gasteiger partial charge in [-0.3, -0.25) is 4.79 Å². The van der Waals surface area contributed by atoms with Crippen LogP contribution in [0.1, 0.15) is 10.4 Å². The highest BCUT2D eigenvalue weighted by molar-refractivity contribution is 6.31. The van der Waals surface area contributed by atoms with E-state index in [1.54, 1.807) is 12.1 Å². The number of phenolic OH excluding ortho intramolecular Hbond substituents is 1. The van der Waals surface area contributed by atoms with Gasteiger partial charge in [-0.05, 0) is 24.3 Å². The van der Waals surface area contributed by atoms with Crippen LogP contribution in [0.2, 0.25) is 5.02 Å². The first-order valence-electron chi connectivity index (χ1n) is 5.40. The van der Waals surface area contributed by atoms with E-state index in [1.165, 1.54) is 31.5 Å². The summed E-state index contributed by atoms with van der Waals surface area (Å²) in [7, 11) is 1.49. The Kier molecular flexibility index (Phi) is 3.87. The number of amides is 1. The highest BCUT2D eigenvalue weighted by Gasteiger charge is 2.10. The predicted octanol–water partition coefficient (Wildman–Crippen LogP) is 2.70. The lowest BCUT2D eigenvalue weighted by atomic mass is 10.2. The number of ether oxygens (including phenoxy) is 1. The quantitative estimate of drug-likeness (QED) is 0.847. The lowest BCUT2D eigenvalue weighted by Gasteiger charge is -2.07. The predicted molar refractivity (Wildman–Crippen MR) is 71.9 cm³/mol. The Morgan fingerprint density at radius 1 is 1.37 bits per heavy atom. The molecule has 6 heteroatoms. The molecule has 19 heavy (non-hydrogen) atoms. The molecule has 1 heterocycles. The molecular weight excluding hydrogens is 268 g/mol. The van der Waals surface area contributed by atoms with Gasteiger partial charge < -0.3 is 15.2 Å². The number of hydrogen-bond donors (Lipinski definition) is 2. The van der Waals surface area contributed by atoms with Gasteiger partial charge in [-0.1, -0.05) is 11.6 Å². The second kappa shape index (κ2) is 5.58. The maximum Gasteiger partial charge on any atom is 0.257 e. The lowest BCUT2D eigenvalue weighted by molar-refractivity contribution is 0.102. The van der Waals surface area contributed by atoms with Crippen LogP contribution in [0.4, 0.5) is 5.69 Å². The van der Waals surface area contributed by atoms with Crippen molar-refractivity contribution >= 4 is 23.2 Å². The van der Waals surface area contributed by atoms with Crippen LogP contribution in [-0.4, -0.2) is 23.1 Å². The summed E-state index contributed by atoms with van der Waals surface area (Å²) in [5.41, 5.74) is 0.591. The number of phenols is 1. The van der Waals surface area contributed by atoms with Crippen molar-refractivity contribution in [2.45, 2.75) is 0 Å². The van der Waals surface area contributed by atoms with E-state index in [1.807, 2.05) is 0 Å². The zero-order valence-corrected chi connectivity index (χ0v) is 10.8. The Hall–Kier alpha value is -2.27. The zero-order chi connectivity index (χ0) is 13.8. The number of carbonyl (C=O) groups excluding carboxylic acids is 1. The van der Waals surface area contributed by atoms with Gasteiger partial charge in [-0.15, -0.1) is 0 Å². The highest BCUT2D eigenvalue weighted by atomic mass is 35.5. The SMILES string of the molecule is COc1ccc(C(=O)Nc2cc(Cl)ccc2O)cn1. The molecule has 0 aliphatic rings. The van der Waals surface area contributed by atoms with Crippen LogP contribution in [0, 0.1) is 0 Å². The lowest BCUT2D eigenvalue weighted by Crippen LogP contribution is -2.12. The Morgan fingerprint density at radius 3 is 2.79 bits per heavy atom. The number of pyridine rings is 1. The maximum absolute atomic E-state index is 11.9. The summed E-state index contributed by atoms with van der Waals surface area (Å²) in [6.07, 6.45) is 1.38. The summed E-state index contributed by atoms with van der Waals surface area (Å²) in [6.45, 7) is 0. The monoisotopic (exact) mass is 278 g/mol. The van der Waals surface area contributed by atoms with Gasteiger partial charge in [0.1, 0.15) is 5.75 Å². The average Bonchev–Trinajstić information content (AvgIpc) is 2.43. The van der Waals surface area contributed by atoms with Gasteiger partial charge >= 0.3 is 0 Å². The van der Waals surface area contributed by atoms with Crippen LogP contribution >= 0.6 is 11.6 Å². The Bertz CT molecular complexity index is 599. The number of halogens is 1. The van der Waals surface area contributed by atoms with E-state index < -0.39 is 5.91 Å². The topological polar surface area (TPSA) is 71.5 Å². The number of nitrogens with zero attached hydrogens (tertiary/aromatic N) is 1. The van der Waals surface area contributed by atoms with Gasteiger partial charge in [-0.25, -0.2) is 4.98 Å². The summed E-state index contributed by atoms with van der Waals surface area (Å²) < 4.78 is 4.90. The van der Waals surface area contributed by atoms with Crippen molar-refractivity contribution in [3.63, 3.8) is 0 Å². The van der Waals surface area contributed by atoms with Crippen molar-refractivity contribution in [2.24, 2.45) is 0 Å². The van der Waals surface area contributed by atoms with E-state index in [2.05, 4.69) is 10.3 Å². The van der Waals surface area contributed by atoms with Crippen molar-refractivity contribution < 1.29 is 14.6 Å². The van der Waals surface area contributed by atoms with Crippen molar-refractivity contribution in [1.82, 2.24) is 4.98 Å². The molecule has 98 valence electrons. The zero-order valence-electron chi connectivity index (χ0n) is 10.1. The minimum atomic E-state index is -0.396. The van der Waals surface area contributed by atoms with E-state index in [0.29, 0.717) is 16.5 Å². The fourth-order valence-electron chi connectivity index (χ4n) is 1.44. The molecule has 1 aromatic carbocycles. The third-order valence-corrected chi connectivity index (χ3v) is 2.65. The molecule has 1 amide bonds. The summed E-state index contributed by atoms with van der Waals surface area (Å²) in [6, 6.07) is 7.55. The number of hydrogen-bond acceptors (Lipinski definition) is 4. The minimum absolute atomic E-state index is 0.0563. The van der Waals surface area contributed by atoms with E-state index in [0.717, 1.165) is 0 Å². The highest BCUT2D eigenvalue weighted by Crippen LogP contribution is 2.26. The van der Waals surface area contributed by atoms with Crippen LogP contribution in [0.3, 0.4) is 0 Å². The van der Waals surface area contributed by atoms with Gasteiger partial charge in [0, 0.05) is 17.3 Å². The smallest absolute Gasteiger partial charge is 0.257 e. The summed E-state index contributed by atoms with van der Waals surface area (Å²) in [5.74, 6) is -0.0332. The van der Waals surface area contributed by atoms with Crippen molar-refractivity contribution in [3.05, 3.63) is 47.1 Å². The molecule has 0 spiro atoms. The van der Waals surface area contributed by atoms with Crippen molar-refractivity contribution in [3.8, 4) is 11.6 Å². The third kappa shape index (κ3) is 3.14. The molecule has 2 rings (SSSR count). The molecule has 0 atom stereocenters. The van der Waals surface area contributed by atoms with Crippen LogP contribution in [0.15, 0.2) is 36.5 Å². The van der Waals surface area contributed by atoms with Crippen molar-refractivity contribution in [1.29, 1.82) is 0 Å². The first-order valence-corrected chi connectivity index (χ1v) is 5.78. The molecular formula is C13H11ClN2O3. The van der Waals surface area contributed by atoms with Crippen LogP contribution in [0.5, 0.6) is 11.6 Å². The van der Waals surface area contributed by atoms with Crippen LogP contribution < -0.4 is 10.1 Å². The molecule has 1 aromatic heterocycles. The molecule has 0 saturated carbocycles. The number of carbonyl (C=O) groups is 1. The van der Waals surface area contributed by atoms with Crippen molar-refractivity contribution in [2.75, 3.05) is 12.4 Å². The van der Waals surface area contributed by atoms with E-state index in [4.69, 9.17) is 16.3 Å². The fourth-order valence-corrected chi connectivity index (χ4v) is 1.61. The summed E-state index contributed by atoms with van der Waals surface area (Å²) in [5, 5.41) is 12.6. The standard InChI is InChI=1S/C13H11ClN2O3/c1-19-12-5-2-8(7-15-12)13(18)16-10-6-9(14)3-4-11(10)17/h2-7,17H,1H3,(H,16,18). The number of aromatic hydroxyl groups is 1. The van der Waals surface area contributed by atoms with Gasteiger partial charge in [0.15, 0.2) is 0 Å². The normalized spacial score (nSPS) is 10.0. The maximum atomic E-state index is 11.9. The number of anilines is 1. The Balaban J connectivity index is 2.18.